The molecule has 1 aromatic heterocycles. The Bertz CT molecular complexity index is 987. The van der Waals surface area contributed by atoms with Crippen molar-refractivity contribution in [2.24, 2.45) is 5.73 Å². The van der Waals surface area contributed by atoms with E-state index in [0.29, 0.717) is 30.0 Å². The number of anilines is 1. The van der Waals surface area contributed by atoms with Crippen LogP contribution in [0.25, 0.3) is 11.1 Å². The molecule has 142 valence electrons. The van der Waals surface area contributed by atoms with E-state index in [0.717, 1.165) is 16.7 Å². The maximum absolute atomic E-state index is 12.6. The number of ether oxygens (including phenoxy) is 1. The van der Waals surface area contributed by atoms with Crippen molar-refractivity contribution in [3.8, 4) is 11.1 Å². The van der Waals surface area contributed by atoms with E-state index >= 15 is 0 Å². The minimum atomic E-state index is -0.384. The molecule has 0 aliphatic carbocycles. The minimum Gasteiger partial charge on any atom is -0.462 e. The van der Waals surface area contributed by atoms with Crippen molar-refractivity contribution in [1.82, 2.24) is 4.98 Å². The quantitative estimate of drug-likeness (QED) is 0.642. The van der Waals surface area contributed by atoms with Crippen LogP contribution in [0.1, 0.15) is 33.2 Å². The third-order valence-electron chi connectivity index (χ3n) is 4.21. The lowest BCUT2D eigenvalue weighted by molar-refractivity contribution is 0.0526. The second-order valence-electron chi connectivity index (χ2n) is 6.07. The number of pyridine rings is 1. The molecule has 0 fully saturated rings. The van der Waals surface area contributed by atoms with Gasteiger partial charge in [0.05, 0.1) is 12.2 Å². The topological polar surface area (TPSA) is 94.3 Å². The first-order chi connectivity index (χ1) is 13.6. The predicted molar refractivity (Wildman–Crippen MR) is 108 cm³/mol. The highest BCUT2D eigenvalue weighted by atomic mass is 16.5. The van der Waals surface area contributed by atoms with Gasteiger partial charge < -0.3 is 15.8 Å². The molecule has 3 aromatic rings. The zero-order valence-electron chi connectivity index (χ0n) is 15.5. The van der Waals surface area contributed by atoms with Crippen molar-refractivity contribution < 1.29 is 14.3 Å². The van der Waals surface area contributed by atoms with Crippen LogP contribution in [0.15, 0.2) is 67.0 Å². The van der Waals surface area contributed by atoms with Gasteiger partial charge in [0, 0.05) is 30.2 Å². The number of nitrogens with zero attached hydrogens (tertiary/aromatic N) is 1. The van der Waals surface area contributed by atoms with Crippen LogP contribution in [-0.2, 0) is 11.3 Å². The summed E-state index contributed by atoms with van der Waals surface area (Å²) in [6, 6.07) is 15.9. The van der Waals surface area contributed by atoms with E-state index in [1.165, 1.54) is 0 Å². The van der Waals surface area contributed by atoms with Gasteiger partial charge in [-0.25, -0.2) is 4.79 Å². The first-order valence-corrected chi connectivity index (χ1v) is 8.94. The summed E-state index contributed by atoms with van der Waals surface area (Å²) < 4.78 is 5.07. The highest BCUT2D eigenvalue weighted by Crippen LogP contribution is 2.26. The molecule has 3 rings (SSSR count). The summed E-state index contributed by atoms with van der Waals surface area (Å²) in [5.41, 5.74) is 9.96. The lowest BCUT2D eigenvalue weighted by Crippen LogP contribution is -2.12. The number of hydrogen-bond donors (Lipinski definition) is 2. The van der Waals surface area contributed by atoms with Gasteiger partial charge in [-0.05, 0) is 60.0 Å². The summed E-state index contributed by atoms with van der Waals surface area (Å²) in [6.07, 6.45) is 3.22. The van der Waals surface area contributed by atoms with Crippen molar-refractivity contribution in [3.63, 3.8) is 0 Å². The molecule has 1 amide bonds. The molecule has 0 radical (unpaired) electrons. The number of nitrogens with two attached hydrogens (primary N) is 1. The van der Waals surface area contributed by atoms with E-state index in [-0.39, 0.29) is 11.9 Å². The van der Waals surface area contributed by atoms with Crippen molar-refractivity contribution in [2.45, 2.75) is 13.5 Å². The molecule has 0 atom stereocenters. The van der Waals surface area contributed by atoms with Crippen LogP contribution in [0.5, 0.6) is 0 Å². The van der Waals surface area contributed by atoms with Crippen molar-refractivity contribution >= 4 is 17.6 Å². The molecule has 0 saturated heterocycles. The fraction of sp³-hybridized carbons (Fsp3) is 0.136. The molecular weight excluding hydrogens is 354 g/mol. The van der Waals surface area contributed by atoms with Crippen molar-refractivity contribution in [2.75, 3.05) is 11.9 Å². The van der Waals surface area contributed by atoms with Gasteiger partial charge in [0.1, 0.15) is 0 Å². The predicted octanol–water partition coefficient (Wildman–Crippen LogP) is 3.64. The van der Waals surface area contributed by atoms with E-state index < -0.39 is 0 Å². The molecule has 1 heterocycles. The molecular formula is C22H21N3O3. The summed E-state index contributed by atoms with van der Waals surface area (Å²) in [7, 11) is 0. The zero-order valence-corrected chi connectivity index (χ0v) is 15.5. The van der Waals surface area contributed by atoms with Crippen molar-refractivity contribution in [1.29, 1.82) is 0 Å². The van der Waals surface area contributed by atoms with Crippen molar-refractivity contribution in [3.05, 3.63) is 83.7 Å². The van der Waals surface area contributed by atoms with Gasteiger partial charge in [0.25, 0.3) is 5.91 Å². The average molecular weight is 375 g/mol. The first kappa shape index (κ1) is 19.3. The zero-order chi connectivity index (χ0) is 19.9. The van der Waals surface area contributed by atoms with E-state index in [1.54, 1.807) is 61.8 Å². The second kappa shape index (κ2) is 8.92. The van der Waals surface area contributed by atoms with Gasteiger partial charge >= 0.3 is 5.97 Å². The van der Waals surface area contributed by atoms with Crippen LogP contribution in [0.4, 0.5) is 5.69 Å². The van der Waals surface area contributed by atoms with Gasteiger partial charge in [-0.3, -0.25) is 9.78 Å². The standard InChI is InChI=1S/C22H21N3O3/c1-2-28-22(27)17-5-3-4-15(12-17)20-13-16(6-7-18(20)14-23)21(26)25-19-8-10-24-11-9-19/h3-13H,2,14,23H2,1H3,(H,24,25,26). The molecule has 6 heteroatoms. The first-order valence-electron chi connectivity index (χ1n) is 8.94. The fourth-order valence-electron chi connectivity index (χ4n) is 2.83. The summed E-state index contributed by atoms with van der Waals surface area (Å²) in [6.45, 7) is 2.38. The molecule has 2 aromatic carbocycles. The maximum Gasteiger partial charge on any atom is 0.338 e. The van der Waals surface area contributed by atoms with Gasteiger partial charge in [-0.15, -0.1) is 0 Å². The van der Waals surface area contributed by atoms with E-state index in [1.807, 2.05) is 12.1 Å². The Morgan fingerprint density at radius 1 is 1.04 bits per heavy atom. The van der Waals surface area contributed by atoms with Gasteiger partial charge in [-0.1, -0.05) is 18.2 Å². The Balaban J connectivity index is 1.95. The second-order valence-corrected chi connectivity index (χ2v) is 6.07. The third-order valence-corrected chi connectivity index (χ3v) is 4.21. The number of rotatable bonds is 6. The molecule has 6 nitrogen and oxygen atoms in total. The monoisotopic (exact) mass is 375 g/mol. The molecule has 0 spiro atoms. The SMILES string of the molecule is CCOC(=O)c1cccc(-c2cc(C(=O)Nc3ccncc3)ccc2CN)c1. The number of amides is 1. The molecule has 0 saturated carbocycles. The van der Waals surface area contributed by atoms with Gasteiger partial charge in [0.15, 0.2) is 0 Å². The fourth-order valence-corrected chi connectivity index (χ4v) is 2.83. The number of carbonyl (C=O) groups is 2. The average Bonchev–Trinajstić information content (AvgIpc) is 2.74. The van der Waals surface area contributed by atoms with Crippen LogP contribution < -0.4 is 11.1 Å². The number of esters is 1. The van der Waals surface area contributed by atoms with E-state index in [4.69, 9.17) is 10.5 Å². The molecule has 0 bridgehead atoms. The molecule has 28 heavy (non-hydrogen) atoms. The molecule has 0 aliphatic heterocycles. The lowest BCUT2D eigenvalue weighted by Gasteiger charge is -2.12. The number of aromatic nitrogens is 1. The summed E-state index contributed by atoms with van der Waals surface area (Å²) in [5, 5.41) is 2.84. The molecule has 0 aliphatic rings. The third kappa shape index (κ3) is 4.42. The smallest absolute Gasteiger partial charge is 0.338 e. The Hall–Kier alpha value is -3.51. The maximum atomic E-state index is 12.6. The molecule has 3 N–H and O–H groups in total. The van der Waals surface area contributed by atoms with E-state index in [2.05, 4.69) is 10.3 Å². The van der Waals surface area contributed by atoms with Gasteiger partial charge in [0.2, 0.25) is 0 Å². The highest BCUT2D eigenvalue weighted by Gasteiger charge is 2.13. The summed E-state index contributed by atoms with van der Waals surface area (Å²) in [4.78, 5) is 28.6. The Kier molecular flexibility index (Phi) is 6.14. The van der Waals surface area contributed by atoms with E-state index in [9.17, 15) is 9.59 Å². The minimum absolute atomic E-state index is 0.238. The lowest BCUT2D eigenvalue weighted by atomic mass is 9.95. The summed E-state index contributed by atoms with van der Waals surface area (Å²) in [5.74, 6) is -0.622. The summed E-state index contributed by atoms with van der Waals surface area (Å²) >= 11 is 0. The normalized spacial score (nSPS) is 10.4. The molecule has 0 unspecified atom stereocenters. The van der Waals surface area contributed by atoms with Crippen LogP contribution in [0, 0.1) is 0 Å². The van der Waals surface area contributed by atoms with Gasteiger partial charge in [-0.2, -0.15) is 0 Å². The highest BCUT2D eigenvalue weighted by molar-refractivity contribution is 6.05. The number of hydrogen-bond acceptors (Lipinski definition) is 5. The Morgan fingerprint density at radius 3 is 2.54 bits per heavy atom. The number of benzene rings is 2. The number of carbonyl (C=O) groups excluding carboxylic acids is 2. The van der Waals surface area contributed by atoms with Crippen LogP contribution in [0.2, 0.25) is 0 Å². The largest absolute Gasteiger partial charge is 0.462 e. The Labute approximate surface area is 163 Å². The number of nitrogens with one attached hydrogen (secondary N) is 1. The Morgan fingerprint density at radius 2 is 1.82 bits per heavy atom. The van der Waals surface area contributed by atoms with Crippen LogP contribution in [0.3, 0.4) is 0 Å². The van der Waals surface area contributed by atoms with Crippen LogP contribution >= 0.6 is 0 Å². The van der Waals surface area contributed by atoms with Crippen LogP contribution in [-0.4, -0.2) is 23.5 Å².